The van der Waals surface area contributed by atoms with Gasteiger partial charge < -0.3 is 20.4 Å². The van der Waals surface area contributed by atoms with Gasteiger partial charge in [-0.25, -0.2) is 19.2 Å². The predicted octanol–water partition coefficient (Wildman–Crippen LogP) is 3.25. The minimum Gasteiger partial charge on any atom is -0.478 e. The lowest BCUT2D eigenvalue weighted by Gasteiger charge is -2.36. The summed E-state index contributed by atoms with van der Waals surface area (Å²) >= 11 is 0. The summed E-state index contributed by atoms with van der Waals surface area (Å²) in [4.78, 5) is 43.4. The molecule has 0 saturated carbocycles. The smallest absolute Gasteiger partial charge is 0.328 e. The quantitative estimate of drug-likeness (QED) is 0.338. The molecule has 2 aromatic carbocycles. The number of nitrogens with zero attached hydrogens (tertiary/aromatic N) is 3. The highest BCUT2D eigenvalue weighted by Crippen LogP contribution is 2.24. The van der Waals surface area contributed by atoms with Gasteiger partial charge in [0.25, 0.3) is 0 Å². The van der Waals surface area contributed by atoms with E-state index in [-0.39, 0.29) is 0 Å². The molecule has 0 amide bonds. The Morgan fingerprint density at radius 2 is 1.31 bits per heavy atom. The van der Waals surface area contributed by atoms with Crippen LogP contribution in [0.15, 0.2) is 72.8 Å². The monoisotopic (exact) mass is 577 g/mol. The minimum atomic E-state index is -1.26. The Kier molecular flexibility index (Phi) is 14.2. The van der Waals surface area contributed by atoms with Gasteiger partial charge in [0.15, 0.2) is 0 Å². The molecule has 0 bridgehead atoms. The van der Waals surface area contributed by atoms with Crippen LogP contribution >= 0.6 is 0 Å². The van der Waals surface area contributed by atoms with E-state index in [9.17, 15) is 19.2 Å². The molecule has 11 heteroatoms. The van der Waals surface area contributed by atoms with Gasteiger partial charge in [-0.05, 0) is 67.1 Å². The fourth-order valence-electron chi connectivity index (χ4n) is 4.68. The number of nitriles is 1. The molecule has 1 saturated heterocycles. The molecule has 0 unspecified atom stereocenters. The summed E-state index contributed by atoms with van der Waals surface area (Å²) in [5.74, 6) is -4.21. The number of carboxylic acid groups (broad SMARTS) is 4. The molecule has 4 N–H and O–H groups in total. The Morgan fingerprint density at radius 3 is 1.83 bits per heavy atom. The molecule has 0 atom stereocenters. The van der Waals surface area contributed by atoms with Gasteiger partial charge in [-0.15, -0.1) is 0 Å². The summed E-state index contributed by atoms with van der Waals surface area (Å²) in [6.45, 7) is 6.89. The lowest BCUT2D eigenvalue weighted by Crippen LogP contribution is -2.40. The molecule has 42 heavy (non-hydrogen) atoms. The van der Waals surface area contributed by atoms with Crippen LogP contribution in [-0.4, -0.2) is 80.3 Å². The molecular weight excluding hydrogens is 542 g/mol. The van der Waals surface area contributed by atoms with E-state index in [2.05, 4.69) is 46.2 Å². The van der Waals surface area contributed by atoms with Crippen molar-refractivity contribution in [3.8, 4) is 6.07 Å². The SMILES string of the molecule is N#Cc1cccc(CN2CCC(CN3CCc4ccccc4C3)CC2)c1.O=C(O)C=CC(=O)O.O=C(O)C=CC(=O)O. The number of carboxylic acids is 4. The molecule has 11 nitrogen and oxygen atoms in total. The van der Waals surface area contributed by atoms with Crippen molar-refractivity contribution in [1.29, 1.82) is 5.26 Å². The summed E-state index contributed by atoms with van der Waals surface area (Å²) in [5, 5.41) is 40.3. The van der Waals surface area contributed by atoms with Crippen molar-refractivity contribution >= 4 is 23.9 Å². The summed E-state index contributed by atoms with van der Waals surface area (Å²) in [5.41, 5.74) is 5.09. The van der Waals surface area contributed by atoms with Crippen LogP contribution in [-0.2, 0) is 38.7 Å². The summed E-state index contributed by atoms with van der Waals surface area (Å²) in [6, 6.07) is 19.2. The van der Waals surface area contributed by atoms with Gasteiger partial charge in [0, 0.05) is 50.5 Å². The van der Waals surface area contributed by atoms with Crippen LogP contribution in [0.4, 0.5) is 0 Å². The van der Waals surface area contributed by atoms with Crippen LogP contribution in [0.2, 0.25) is 0 Å². The number of carbonyl (C=O) groups is 4. The third-order valence-corrected chi connectivity index (χ3v) is 6.63. The molecule has 2 aliphatic rings. The summed E-state index contributed by atoms with van der Waals surface area (Å²) < 4.78 is 0. The van der Waals surface area contributed by atoms with E-state index in [1.54, 1.807) is 0 Å². The van der Waals surface area contributed by atoms with E-state index >= 15 is 0 Å². The Morgan fingerprint density at radius 1 is 0.762 bits per heavy atom. The van der Waals surface area contributed by atoms with Crippen LogP contribution in [0.1, 0.15) is 35.1 Å². The molecule has 0 spiro atoms. The highest BCUT2D eigenvalue weighted by molar-refractivity contribution is 5.90. The lowest BCUT2D eigenvalue weighted by atomic mass is 9.93. The number of aliphatic carboxylic acids is 4. The summed E-state index contributed by atoms with van der Waals surface area (Å²) in [7, 11) is 0. The zero-order valence-corrected chi connectivity index (χ0v) is 23.1. The third-order valence-electron chi connectivity index (χ3n) is 6.63. The van der Waals surface area contributed by atoms with Crippen LogP contribution in [0.5, 0.6) is 0 Å². The Bertz CT molecular complexity index is 1260. The number of hydrogen-bond donors (Lipinski definition) is 4. The van der Waals surface area contributed by atoms with E-state index in [4.69, 9.17) is 25.7 Å². The highest BCUT2D eigenvalue weighted by Gasteiger charge is 2.23. The second-order valence-electron chi connectivity index (χ2n) is 9.81. The molecule has 2 aromatic rings. The molecule has 0 aliphatic carbocycles. The minimum absolute atomic E-state index is 0.558. The van der Waals surface area contributed by atoms with Crippen molar-refractivity contribution in [3.05, 3.63) is 95.1 Å². The first kappa shape index (κ1) is 33.4. The highest BCUT2D eigenvalue weighted by atomic mass is 16.4. The van der Waals surface area contributed by atoms with Crippen molar-refractivity contribution < 1.29 is 39.6 Å². The fraction of sp³-hybridized carbons (Fsp3) is 0.323. The number of rotatable bonds is 8. The maximum atomic E-state index is 9.55. The Labute approximate surface area is 244 Å². The first-order valence-corrected chi connectivity index (χ1v) is 13.3. The molecule has 4 rings (SSSR count). The van der Waals surface area contributed by atoms with E-state index in [1.165, 1.54) is 62.1 Å². The van der Waals surface area contributed by atoms with Crippen molar-refractivity contribution in [3.63, 3.8) is 0 Å². The summed E-state index contributed by atoms with van der Waals surface area (Å²) in [6.07, 6.45) is 6.01. The number of likely N-dealkylation sites (tertiary alicyclic amines) is 1. The van der Waals surface area contributed by atoms with E-state index in [0.29, 0.717) is 24.3 Å². The second kappa shape index (κ2) is 17.8. The molecular formula is C31H35N3O8. The van der Waals surface area contributed by atoms with E-state index < -0.39 is 23.9 Å². The number of hydrogen-bond acceptors (Lipinski definition) is 7. The van der Waals surface area contributed by atoms with Gasteiger partial charge in [0.2, 0.25) is 0 Å². The largest absolute Gasteiger partial charge is 0.478 e. The molecule has 1 fully saturated rings. The molecule has 0 aromatic heterocycles. The van der Waals surface area contributed by atoms with Crippen LogP contribution in [0.3, 0.4) is 0 Å². The number of benzene rings is 2. The second-order valence-corrected chi connectivity index (χ2v) is 9.81. The van der Waals surface area contributed by atoms with Crippen molar-refractivity contribution in [2.45, 2.75) is 32.4 Å². The zero-order chi connectivity index (χ0) is 30.9. The maximum Gasteiger partial charge on any atom is 0.328 e. The maximum absolute atomic E-state index is 9.55. The lowest BCUT2D eigenvalue weighted by molar-refractivity contribution is -0.134. The first-order valence-electron chi connectivity index (χ1n) is 13.3. The average Bonchev–Trinajstić information content (AvgIpc) is 2.97. The van der Waals surface area contributed by atoms with Gasteiger partial charge in [0.05, 0.1) is 11.6 Å². The topological polar surface area (TPSA) is 179 Å². The molecule has 0 radical (unpaired) electrons. The molecule has 222 valence electrons. The molecule has 2 heterocycles. The number of fused-ring (bicyclic) bond motifs is 1. The Balaban J connectivity index is 0.000000319. The van der Waals surface area contributed by atoms with Gasteiger partial charge in [-0.3, -0.25) is 9.80 Å². The Hall–Kier alpha value is -4.79. The standard InChI is InChI=1S/C23H27N3.2C4H4O4/c24-15-20-4-3-5-21(14-20)17-25-11-8-19(9-12-25)16-26-13-10-22-6-1-2-7-23(22)18-26;2*5-3(6)1-2-4(7)8/h1-7,14,19H,8-13,16-18H2;2*1-2H,(H,5,6)(H,7,8). The first-order chi connectivity index (χ1) is 20.0. The van der Waals surface area contributed by atoms with Gasteiger partial charge in [-0.2, -0.15) is 5.26 Å². The van der Waals surface area contributed by atoms with E-state index in [1.807, 2.05) is 18.2 Å². The van der Waals surface area contributed by atoms with Crippen molar-refractivity contribution in [1.82, 2.24) is 9.80 Å². The fourth-order valence-corrected chi connectivity index (χ4v) is 4.68. The van der Waals surface area contributed by atoms with Crippen LogP contribution in [0.25, 0.3) is 0 Å². The molecule has 2 aliphatic heterocycles. The normalized spacial score (nSPS) is 15.4. The zero-order valence-electron chi connectivity index (χ0n) is 23.1. The van der Waals surface area contributed by atoms with Crippen molar-refractivity contribution in [2.24, 2.45) is 5.92 Å². The third kappa shape index (κ3) is 13.5. The van der Waals surface area contributed by atoms with E-state index in [0.717, 1.165) is 24.6 Å². The van der Waals surface area contributed by atoms with Gasteiger partial charge in [0.1, 0.15) is 0 Å². The van der Waals surface area contributed by atoms with Crippen molar-refractivity contribution in [2.75, 3.05) is 26.2 Å². The van der Waals surface area contributed by atoms with Crippen LogP contribution in [0, 0.1) is 17.2 Å². The number of piperidine rings is 1. The predicted molar refractivity (Wildman–Crippen MR) is 153 cm³/mol. The van der Waals surface area contributed by atoms with Gasteiger partial charge >= 0.3 is 23.9 Å². The van der Waals surface area contributed by atoms with Gasteiger partial charge in [-0.1, -0.05) is 36.4 Å². The average molecular weight is 578 g/mol. The van der Waals surface area contributed by atoms with Crippen LogP contribution < -0.4 is 0 Å².